The van der Waals surface area contributed by atoms with Gasteiger partial charge < -0.3 is 18.6 Å². The summed E-state index contributed by atoms with van der Waals surface area (Å²) in [6.45, 7) is 4.01. The summed E-state index contributed by atoms with van der Waals surface area (Å²) in [6, 6.07) is 0. The molecule has 1 aromatic heterocycles. The van der Waals surface area contributed by atoms with E-state index in [2.05, 4.69) is 9.72 Å². The summed E-state index contributed by atoms with van der Waals surface area (Å²) in [5, 5.41) is 0. The van der Waals surface area contributed by atoms with E-state index in [0.717, 1.165) is 0 Å². The molecule has 102 valence electrons. The fourth-order valence-corrected chi connectivity index (χ4v) is 1.40. The average Bonchev–Trinajstić information content (AvgIpc) is 2.71. The van der Waals surface area contributed by atoms with Gasteiger partial charge in [-0.1, -0.05) is 0 Å². The number of oxazole rings is 1. The van der Waals surface area contributed by atoms with Crippen molar-refractivity contribution in [2.45, 2.75) is 32.5 Å². The molecule has 6 nitrogen and oxygen atoms in total. The largest absolute Gasteiger partial charge is 0.463 e. The van der Waals surface area contributed by atoms with Crippen LogP contribution in [0.3, 0.4) is 0 Å². The highest BCUT2D eigenvalue weighted by Crippen LogP contribution is 2.19. The Hall–Kier alpha value is -1.40. The maximum atomic E-state index is 11.5. The maximum Gasteiger partial charge on any atom is 0.376 e. The van der Waals surface area contributed by atoms with Gasteiger partial charge in [-0.3, -0.25) is 0 Å². The van der Waals surface area contributed by atoms with Crippen LogP contribution in [0.5, 0.6) is 0 Å². The van der Waals surface area contributed by atoms with Gasteiger partial charge in [0.2, 0.25) is 5.76 Å². The van der Waals surface area contributed by atoms with Gasteiger partial charge in [-0.15, -0.1) is 0 Å². The van der Waals surface area contributed by atoms with E-state index in [1.165, 1.54) is 14.2 Å². The molecule has 0 radical (unpaired) electrons. The molecule has 1 aromatic rings. The van der Waals surface area contributed by atoms with Crippen LogP contribution in [0.4, 0.5) is 0 Å². The van der Waals surface area contributed by atoms with Gasteiger partial charge >= 0.3 is 5.97 Å². The number of carbonyl (C=O) groups excluding carboxylic acids is 1. The second-order valence-electron chi connectivity index (χ2n) is 4.45. The molecule has 0 fully saturated rings. The number of methoxy groups -OCH3 is 3. The lowest BCUT2D eigenvalue weighted by molar-refractivity contribution is 0.0175. The Morgan fingerprint density at radius 1 is 1.33 bits per heavy atom. The predicted octanol–water partition coefficient (Wildman–Crippen LogP) is 1.58. The van der Waals surface area contributed by atoms with Crippen LogP contribution in [-0.4, -0.2) is 37.9 Å². The molecule has 0 saturated carbocycles. The molecule has 0 aromatic carbocycles. The first-order valence-electron chi connectivity index (χ1n) is 5.54. The van der Waals surface area contributed by atoms with Gasteiger partial charge in [0, 0.05) is 14.2 Å². The topological polar surface area (TPSA) is 70.8 Å². The fraction of sp³-hybridized carbons (Fsp3) is 0.667. The first-order chi connectivity index (χ1) is 8.43. The SMILES string of the molecule is COCc1nc(CC(C)(C)OC)oc1C(=O)OC. The quantitative estimate of drug-likeness (QED) is 0.720. The number of ether oxygens (including phenoxy) is 3. The third-order valence-corrected chi connectivity index (χ3v) is 2.52. The lowest BCUT2D eigenvalue weighted by atomic mass is 10.1. The lowest BCUT2D eigenvalue weighted by Gasteiger charge is -2.20. The van der Waals surface area contributed by atoms with Crippen LogP contribution in [0, 0.1) is 0 Å². The summed E-state index contributed by atoms with van der Waals surface area (Å²) in [7, 11) is 4.43. The zero-order valence-corrected chi connectivity index (χ0v) is 11.4. The molecular formula is C12H19NO5. The first kappa shape index (κ1) is 14.7. The van der Waals surface area contributed by atoms with E-state index in [4.69, 9.17) is 13.9 Å². The molecule has 0 atom stereocenters. The highest BCUT2D eigenvalue weighted by Gasteiger charge is 2.25. The minimum absolute atomic E-state index is 0.0845. The van der Waals surface area contributed by atoms with Crippen molar-refractivity contribution in [3.63, 3.8) is 0 Å². The highest BCUT2D eigenvalue weighted by molar-refractivity contribution is 5.87. The molecule has 1 heterocycles. The van der Waals surface area contributed by atoms with Crippen molar-refractivity contribution < 1.29 is 23.4 Å². The van der Waals surface area contributed by atoms with Crippen LogP contribution in [-0.2, 0) is 27.2 Å². The zero-order chi connectivity index (χ0) is 13.8. The Morgan fingerprint density at radius 3 is 2.50 bits per heavy atom. The van der Waals surface area contributed by atoms with E-state index in [1.54, 1.807) is 7.11 Å². The fourth-order valence-electron chi connectivity index (χ4n) is 1.40. The molecule has 6 heteroatoms. The van der Waals surface area contributed by atoms with Crippen LogP contribution in [0.15, 0.2) is 4.42 Å². The van der Waals surface area contributed by atoms with Gasteiger partial charge in [0.15, 0.2) is 5.89 Å². The van der Waals surface area contributed by atoms with Gasteiger partial charge in [0.25, 0.3) is 0 Å². The summed E-state index contributed by atoms with van der Waals surface area (Å²) in [5.74, 6) is -0.0495. The molecule has 0 unspecified atom stereocenters. The number of esters is 1. The summed E-state index contributed by atoms with van der Waals surface area (Å²) < 4.78 is 20.3. The van der Waals surface area contributed by atoms with E-state index in [0.29, 0.717) is 18.0 Å². The Labute approximate surface area is 106 Å². The number of nitrogens with zero attached hydrogens (tertiary/aromatic N) is 1. The molecule has 0 aliphatic heterocycles. The minimum atomic E-state index is -0.559. The average molecular weight is 257 g/mol. The van der Waals surface area contributed by atoms with Crippen molar-refractivity contribution in [3.05, 3.63) is 17.3 Å². The Balaban J connectivity index is 2.98. The normalized spacial score (nSPS) is 11.6. The molecule has 18 heavy (non-hydrogen) atoms. The molecule has 0 amide bonds. The van der Waals surface area contributed by atoms with Crippen molar-refractivity contribution in [1.82, 2.24) is 4.98 Å². The molecule has 0 N–H and O–H groups in total. The van der Waals surface area contributed by atoms with Crippen LogP contribution in [0.1, 0.15) is 36.0 Å². The second-order valence-corrected chi connectivity index (χ2v) is 4.45. The van der Waals surface area contributed by atoms with Crippen molar-refractivity contribution in [3.8, 4) is 0 Å². The van der Waals surface area contributed by atoms with E-state index in [-0.39, 0.29) is 12.4 Å². The van der Waals surface area contributed by atoms with Crippen molar-refractivity contribution in [1.29, 1.82) is 0 Å². The maximum absolute atomic E-state index is 11.5. The van der Waals surface area contributed by atoms with E-state index in [1.807, 2.05) is 13.8 Å². The zero-order valence-electron chi connectivity index (χ0n) is 11.4. The molecule has 0 aliphatic carbocycles. The van der Waals surface area contributed by atoms with Gasteiger partial charge in [0.05, 0.1) is 25.7 Å². The molecule has 0 aliphatic rings. The second kappa shape index (κ2) is 5.97. The lowest BCUT2D eigenvalue weighted by Crippen LogP contribution is -2.25. The van der Waals surface area contributed by atoms with Crippen LogP contribution in [0.2, 0.25) is 0 Å². The van der Waals surface area contributed by atoms with E-state index in [9.17, 15) is 4.79 Å². The van der Waals surface area contributed by atoms with Gasteiger partial charge in [-0.05, 0) is 13.8 Å². The third-order valence-electron chi connectivity index (χ3n) is 2.52. The van der Waals surface area contributed by atoms with Gasteiger partial charge in [-0.2, -0.15) is 0 Å². The predicted molar refractivity (Wildman–Crippen MR) is 63.3 cm³/mol. The standard InChI is InChI=1S/C12H19NO5/c1-12(2,17-5)6-9-13-8(7-15-3)10(18-9)11(14)16-4/h6-7H2,1-5H3. The van der Waals surface area contributed by atoms with Crippen LogP contribution >= 0.6 is 0 Å². The number of hydrogen-bond acceptors (Lipinski definition) is 6. The number of rotatable bonds is 6. The van der Waals surface area contributed by atoms with Crippen molar-refractivity contribution in [2.24, 2.45) is 0 Å². The molecule has 0 bridgehead atoms. The van der Waals surface area contributed by atoms with Gasteiger partial charge in [-0.25, -0.2) is 9.78 Å². The van der Waals surface area contributed by atoms with Crippen LogP contribution in [0.25, 0.3) is 0 Å². The number of carbonyl (C=O) groups is 1. The Morgan fingerprint density at radius 2 is 2.00 bits per heavy atom. The summed E-state index contributed by atoms with van der Waals surface area (Å²) >= 11 is 0. The van der Waals surface area contributed by atoms with Crippen molar-refractivity contribution in [2.75, 3.05) is 21.3 Å². The van der Waals surface area contributed by atoms with Crippen molar-refractivity contribution >= 4 is 5.97 Å². The summed E-state index contributed by atoms with van der Waals surface area (Å²) in [6.07, 6.45) is 0.456. The smallest absolute Gasteiger partial charge is 0.376 e. The molecule has 0 spiro atoms. The number of aromatic nitrogens is 1. The van der Waals surface area contributed by atoms with E-state index < -0.39 is 11.6 Å². The molecular weight excluding hydrogens is 238 g/mol. The first-order valence-corrected chi connectivity index (χ1v) is 5.54. The summed E-state index contributed by atoms with van der Waals surface area (Å²) in [5.41, 5.74) is 0.0222. The Kier molecular flexibility index (Phi) is 4.86. The minimum Gasteiger partial charge on any atom is -0.463 e. The highest BCUT2D eigenvalue weighted by atomic mass is 16.5. The molecule has 1 rings (SSSR count). The van der Waals surface area contributed by atoms with Gasteiger partial charge in [0.1, 0.15) is 5.69 Å². The monoisotopic (exact) mass is 257 g/mol. The van der Waals surface area contributed by atoms with Crippen LogP contribution < -0.4 is 0 Å². The molecule has 0 saturated heterocycles. The van der Waals surface area contributed by atoms with E-state index >= 15 is 0 Å². The third kappa shape index (κ3) is 3.54. The summed E-state index contributed by atoms with van der Waals surface area (Å²) in [4.78, 5) is 15.7. The number of hydrogen-bond donors (Lipinski definition) is 0. The Bertz CT molecular complexity index is 411.